The van der Waals surface area contributed by atoms with E-state index >= 15 is 0 Å². The maximum Gasteiger partial charge on any atom is 0.234 e. The van der Waals surface area contributed by atoms with Crippen LogP contribution < -0.4 is 10.6 Å². The molecule has 0 spiro atoms. The molecule has 2 aromatic heterocycles. The second-order valence-electron chi connectivity index (χ2n) is 6.75. The average Bonchev–Trinajstić information content (AvgIpc) is 3.44. The van der Waals surface area contributed by atoms with Crippen LogP contribution in [0.25, 0.3) is 17.0 Å². The molecule has 7 heteroatoms. The van der Waals surface area contributed by atoms with Crippen molar-refractivity contribution >= 4 is 23.3 Å². The van der Waals surface area contributed by atoms with Crippen LogP contribution in [-0.4, -0.2) is 32.7 Å². The van der Waals surface area contributed by atoms with Crippen molar-refractivity contribution in [2.75, 3.05) is 11.9 Å². The van der Waals surface area contributed by atoms with E-state index in [1.165, 1.54) is 0 Å². The van der Waals surface area contributed by atoms with E-state index in [2.05, 4.69) is 20.6 Å². The zero-order valence-corrected chi connectivity index (χ0v) is 14.9. The number of hydrogen-bond donors (Lipinski definition) is 2. The smallest absolute Gasteiger partial charge is 0.234 e. The molecule has 0 radical (unpaired) electrons. The van der Waals surface area contributed by atoms with E-state index in [4.69, 9.17) is 0 Å². The molecule has 7 nitrogen and oxygen atoms in total. The minimum Gasteiger partial charge on any atom is -0.356 e. The van der Waals surface area contributed by atoms with Crippen molar-refractivity contribution in [3.63, 3.8) is 0 Å². The van der Waals surface area contributed by atoms with Gasteiger partial charge in [0, 0.05) is 48.7 Å². The van der Waals surface area contributed by atoms with E-state index in [0.717, 1.165) is 29.8 Å². The van der Waals surface area contributed by atoms with Crippen molar-refractivity contribution in [1.29, 1.82) is 0 Å². The molecule has 2 amide bonds. The number of imidazole rings is 1. The lowest BCUT2D eigenvalue weighted by Crippen LogP contribution is -2.26. The van der Waals surface area contributed by atoms with Crippen molar-refractivity contribution in [3.05, 3.63) is 48.9 Å². The number of aromatic nitrogens is 3. The summed E-state index contributed by atoms with van der Waals surface area (Å²) in [6.07, 6.45) is 8.54. The number of amides is 2. The van der Waals surface area contributed by atoms with Gasteiger partial charge in [0.05, 0.1) is 5.69 Å². The standard InChI is InChI=1S/C20H21N5O2/c26-18(3-1-10-21-19(27)15-4-5-15)23-16-8-6-14(7-9-16)17-13-25-12-2-11-22-20(25)24-17/h2,6-9,11-13,15H,1,3-5,10H2,(H,21,27)(H,23,26). The minimum absolute atomic E-state index is 0.0552. The van der Waals surface area contributed by atoms with E-state index in [-0.39, 0.29) is 17.7 Å². The van der Waals surface area contributed by atoms with Crippen LogP contribution in [0.5, 0.6) is 0 Å². The zero-order valence-electron chi connectivity index (χ0n) is 14.9. The van der Waals surface area contributed by atoms with Crippen LogP contribution in [-0.2, 0) is 9.59 Å². The first-order chi connectivity index (χ1) is 13.2. The molecule has 27 heavy (non-hydrogen) atoms. The highest BCUT2D eigenvalue weighted by atomic mass is 16.2. The lowest BCUT2D eigenvalue weighted by molar-refractivity contribution is -0.122. The molecule has 138 valence electrons. The second kappa shape index (κ2) is 7.57. The summed E-state index contributed by atoms with van der Waals surface area (Å²) >= 11 is 0. The summed E-state index contributed by atoms with van der Waals surface area (Å²) in [5.41, 5.74) is 2.53. The number of carbonyl (C=O) groups excluding carboxylic acids is 2. The Morgan fingerprint density at radius 2 is 2.00 bits per heavy atom. The Hall–Kier alpha value is -3.22. The van der Waals surface area contributed by atoms with Crippen molar-refractivity contribution < 1.29 is 9.59 Å². The average molecular weight is 363 g/mol. The third-order valence-electron chi connectivity index (χ3n) is 4.53. The molecule has 0 aliphatic heterocycles. The molecule has 0 unspecified atom stereocenters. The number of rotatable bonds is 7. The van der Waals surface area contributed by atoms with Crippen LogP contribution in [0.1, 0.15) is 25.7 Å². The number of hydrogen-bond acceptors (Lipinski definition) is 4. The third-order valence-corrected chi connectivity index (χ3v) is 4.53. The van der Waals surface area contributed by atoms with Crippen LogP contribution in [0, 0.1) is 5.92 Å². The summed E-state index contributed by atoms with van der Waals surface area (Å²) in [4.78, 5) is 32.2. The van der Waals surface area contributed by atoms with Crippen LogP contribution in [0.4, 0.5) is 5.69 Å². The first kappa shape index (κ1) is 17.2. The predicted octanol–water partition coefficient (Wildman–Crippen LogP) is 2.64. The number of nitrogens with zero attached hydrogens (tertiary/aromatic N) is 3. The first-order valence-electron chi connectivity index (χ1n) is 9.17. The van der Waals surface area contributed by atoms with Gasteiger partial charge in [-0.15, -0.1) is 0 Å². The van der Waals surface area contributed by atoms with Crippen LogP contribution >= 0.6 is 0 Å². The van der Waals surface area contributed by atoms with Crippen molar-refractivity contribution in [2.45, 2.75) is 25.7 Å². The van der Waals surface area contributed by atoms with Gasteiger partial charge in [-0.25, -0.2) is 9.97 Å². The first-order valence-corrected chi connectivity index (χ1v) is 9.17. The largest absolute Gasteiger partial charge is 0.356 e. The van der Waals surface area contributed by atoms with Crippen LogP contribution in [0.15, 0.2) is 48.9 Å². The summed E-state index contributed by atoms with van der Waals surface area (Å²) in [5.74, 6) is 0.924. The Labute approximate surface area is 156 Å². The molecule has 2 N–H and O–H groups in total. The summed E-state index contributed by atoms with van der Waals surface area (Å²) in [7, 11) is 0. The highest BCUT2D eigenvalue weighted by Crippen LogP contribution is 2.28. The van der Waals surface area contributed by atoms with Crippen molar-refractivity contribution in [2.24, 2.45) is 5.92 Å². The number of anilines is 1. The maximum atomic E-state index is 12.0. The molecule has 3 aromatic rings. The summed E-state index contributed by atoms with van der Waals surface area (Å²) in [5, 5.41) is 5.75. The molecular weight excluding hydrogens is 342 g/mol. The Morgan fingerprint density at radius 1 is 1.19 bits per heavy atom. The molecule has 1 aliphatic carbocycles. The normalized spacial score (nSPS) is 13.5. The van der Waals surface area contributed by atoms with Crippen molar-refractivity contribution in [1.82, 2.24) is 19.7 Å². The fraction of sp³-hybridized carbons (Fsp3) is 0.300. The zero-order chi connectivity index (χ0) is 18.6. The highest BCUT2D eigenvalue weighted by molar-refractivity contribution is 5.91. The third kappa shape index (κ3) is 4.31. The Bertz CT molecular complexity index is 927. The Morgan fingerprint density at radius 3 is 2.74 bits per heavy atom. The van der Waals surface area contributed by atoms with Gasteiger partial charge in [-0.3, -0.25) is 14.0 Å². The number of fused-ring (bicyclic) bond motifs is 1. The molecule has 1 aromatic carbocycles. The lowest BCUT2D eigenvalue weighted by atomic mass is 10.1. The Balaban J connectivity index is 1.28. The van der Waals surface area contributed by atoms with Gasteiger partial charge in [0.15, 0.2) is 0 Å². The van der Waals surface area contributed by atoms with Crippen molar-refractivity contribution in [3.8, 4) is 11.3 Å². The minimum atomic E-state index is -0.0552. The molecular formula is C20H21N5O2. The highest BCUT2D eigenvalue weighted by Gasteiger charge is 2.28. The molecule has 1 aliphatic rings. The maximum absolute atomic E-state index is 12.0. The van der Waals surface area contributed by atoms with Gasteiger partial charge < -0.3 is 10.6 Å². The summed E-state index contributed by atoms with van der Waals surface area (Å²) < 4.78 is 1.87. The molecule has 1 saturated carbocycles. The molecule has 4 rings (SSSR count). The molecule has 0 atom stereocenters. The van der Waals surface area contributed by atoms with Gasteiger partial charge in [0.1, 0.15) is 0 Å². The predicted molar refractivity (Wildman–Crippen MR) is 102 cm³/mol. The quantitative estimate of drug-likeness (QED) is 0.632. The van der Waals surface area contributed by atoms with Crippen LogP contribution in [0.2, 0.25) is 0 Å². The van der Waals surface area contributed by atoms with Crippen LogP contribution in [0.3, 0.4) is 0 Å². The van der Waals surface area contributed by atoms with Gasteiger partial charge >= 0.3 is 0 Å². The number of benzene rings is 1. The van der Waals surface area contributed by atoms with Gasteiger partial charge in [-0.05, 0) is 37.5 Å². The van der Waals surface area contributed by atoms with E-state index < -0.39 is 0 Å². The Kier molecular flexibility index (Phi) is 4.82. The molecule has 0 bridgehead atoms. The molecule has 1 fully saturated rings. The van der Waals surface area contributed by atoms with Gasteiger partial charge in [0.2, 0.25) is 17.6 Å². The number of nitrogens with one attached hydrogen (secondary N) is 2. The topological polar surface area (TPSA) is 88.4 Å². The SMILES string of the molecule is O=C(CCCNC(=O)C1CC1)Nc1ccc(-c2cn3cccnc3n2)cc1. The van der Waals surface area contributed by atoms with E-state index in [1.54, 1.807) is 6.20 Å². The fourth-order valence-electron chi connectivity index (χ4n) is 2.87. The fourth-order valence-corrected chi connectivity index (χ4v) is 2.87. The van der Waals surface area contributed by atoms with Gasteiger partial charge in [-0.2, -0.15) is 0 Å². The second-order valence-corrected chi connectivity index (χ2v) is 6.75. The lowest BCUT2D eigenvalue weighted by Gasteiger charge is -2.07. The van der Waals surface area contributed by atoms with Gasteiger partial charge in [0.25, 0.3) is 0 Å². The summed E-state index contributed by atoms with van der Waals surface area (Å²) in [6, 6.07) is 9.42. The van der Waals surface area contributed by atoms with E-state index in [0.29, 0.717) is 25.2 Å². The summed E-state index contributed by atoms with van der Waals surface area (Å²) in [6.45, 7) is 0.545. The monoisotopic (exact) mass is 363 g/mol. The van der Waals surface area contributed by atoms with E-state index in [1.807, 2.05) is 47.1 Å². The van der Waals surface area contributed by atoms with Gasteiger partial charge in [-0.1, -0.05) is 12.1 Å². The van der Waals surface area contributed by atoms with E-state index in [9.17, 15) is 9.59 Å². The molecule has 2 heterocycles. The number of carbonyl (C=O) groups is 2. The molecule has 0 saturated heterocycles.